The molecule has 0 spiro atoms. The molecule has 3 aliphatic rings. The number of alkyl halides is 2. The summed E-state index contributed by atoms with van der Waals surface area (Å²) < 4.78 is 33.7. The van der Waals surface area contributed by atoms with Crippen molar-refractivity contribution in [3.8, 4) is 11.3 Å². The topological polar surface area (TPSA) is 140 Å². The van der Waals surface area contributed by atoms with Crippen LogP contribution in [0.25, 0.3) is 11.3 Å². The first-order valence-corrected chi connectivity index (χ1v) is 12.1. The maximum atomic E-state index is 14.0. The number of halogens is 3. The first kappa shape index (κ1) is 27.1. The van der Waals surface area contributed by atoms with E-state index in [1.807, 2.05) is 6.92 Å². The van der Waals surface area contributed by atoms with Crippen LogP contribution in [0.2, 0.25) is 0 Å². The zero-order valence-corrected chi connectivity index (χ0v) is 21.7. The van der Waals surface area contributed by atoms with Gasteiger partial charge in [0.2, 0.25) is 11.9 Å². The minimum Gasteiger partial charge on any atom is -0.377 e. The second-order valence-electron chi connectivity index (χ2n) is 9.91. The summed E-state index contributed by atoms with van der Waals surface area (Å²) in [5, 5.41) is 0. The summed E-state index contributed by atoms with van der Waals surface area (Å²) in [7, 11) is 0. The Bertz CT molecular complexity index is 1160. The smallest absolute Gasteiger partial charge is 0.336 e. The van der Waals surface area contributed by atoms with Crippen molar-refractivity contribution in [1.82, 2.24) is 24.8 Å². The molecule has 2 saturated heterocycles. The molecule has 5 heterocycles. The highest BCUT2D eigenvalue weighted by Gasteiger charge is 2.49. The van der Waals surface area contributed by atoms with Gasteiger partial charge in [0.15, 0.2) is 0 Å². The Morgan fingerprint density at radius 1 is 1.24 bits per heavy atom. The number of hydrogen-bond donors (Lipinski definition) is 2. The van der Waals surface area contributed by atoms with E-state index < -0.39 is 23.9 Å². The summed E-state index contributed by atoms with van der Waals surface area (Å²) in [6.45, 7) is 5.83. The van der Waals surface area contributed by atoms with Crippen molar-refractivity contribution >= 4 is 36.0 Å². The van der Waals surface area contributed by atoms with E-state index in [1.54, 1.807) is 12.4 Å². The number of nitrogen functional groups attached to an aromatic ring is 1. The molecule has 2 fully saturated rings. The minimum absolute atomic E-state index is 0. The number of morpholine rings is 1. The fraction of sp³-hybridized carbons (Fsp3) is 0.609. The van der Waals surface area contributed by atoms with Crippen LogP contribution < -0.4 is 21.3 Å². The van der Waals surface area contributed by atoms with Gasteiger partial charge in [0, 0.05) is 49.7 Å². The van der Waals surface area contributed by atoms with Gasteiger partial charge in [0.25, 0.3) is 5.91 Å². The molecule has 202 valence electrons. The Labute approximate surface area is 220 Å². The lowest BCUT2D eigenvalue weighted by molar-refractivity contribution is -0.154. The number of amides is 1. The lowest BCUT2D eigenvalue weighted by Gasteiger charge is -2.38. The molecule has 0 unspecified atom stereocenters. The van der Waals surface area contributed by atoms with Crippen LogP contribution in [0.3, 0.4) is 0 Å². The van der Waals surface area contributed by atoms with Crippen LogP contribution in [0.4, 0.5) is 26.5 Å². The van der Waals surface area contributed by atoms with E-state index in [9.17, 15) is 13.6 Å². The van der Waals surface area contributed by atoms with Gasteiger partial charge in [0.05, 0.1) is 37.0 Å². The van der Waals surface area contributed by atoms with E-state index in [0.29, 0.717) is 45.1 Å². The van der Waals surface area contributed by atoms with Gasteiger partial charge < -0.3 is 30.9 Å². The number of fused-ring (bicyclic) bond motifs is 1. The van der Waals surface area contributed by atoms with Gasteiger partial charge in [-0.1, -0.05) is 0 Å². The van der Waals surface area contributed by atoms with Crippen LogP contribution in [0, 0.1) is 0 Å². The molecular formula is C23H32ClF2N9O2. The number of anilines is 3. The SMILES string of the molecule is C[C@H]1COCCN1c1nc(-c2cnc(N)nc2)c2c(n1)N([C@@]1(C)CCN(C(=O)C(F)(F)CN)C1)CC2.Cl. The molecule has 2 aromatic rings. The van der Waals surface area contributed by atoms with Gasteiger partial charge in [-0.3, -0.25) is 4.79 Å². The number of nitrogens with two attached hydrogens (primary N) is 2. The van der Waals surface area contributed by atoms with E-state index in [0.717, 1.165) is 22.6 Å². The predicted molar refractivity (Wildman–Crippen MR) is 137 cm³/mol. The average Bonchev–Trinajstić information content (AvgIpc) is 3.48. The molecule has 37 heavy (non-hydrogen) atoms. The van der Waals surface area contributed by atoms with Crippen molar-refractivity contribution < 1.29 is 18.3 Å². The van der Waals surface area contributed by atoms with Gasteiger partial charge in [-0.25, -0.2) is 15.0 Å². The van der Waals surface area contributed by atoms with Crippen molar-refractivity contribution in [2.24, 2.45) is 5.73 Å². The molecule has 0 aromatic carbocycles. The number of carbonyl (C=O) groups is 1. The fourth-order valence-corrected chi connectivity index (χ4v) is 5.28. The van der Waals surface area contributed by atoms with E-state index in [1.165, 1.54) is 4.90 Å². The Morgan fingerprint density at radius 3 is 2.65 bits per heavy atom. The summed E-state index contributed by atoms with van der Waals surface area (Å²) in [4.78, 5) is 36.1. The predicted octanol–water partition coefficient (Wildman–Crippen LogP) is 1.11. The fourth-order valence-electron chi connectivity index (χ4n) is 5.28. The van der Waals surface area contributed by atoms with Crippen molar-refractivity contribution in [2.45, 2.75) is 44.2 Å². The number of hydrogen-bond acceptors (Lipinski definition) is 10. The standard InChI is InChI=1S/C23H31F2N9O2.ClH/c1-14-11-36-8-7-33(14)21-30-17(15-9-28-20(27)29-10-15)16-3-5-34(18(16)31-21)22(2)4-6-32(13-22)19(35)23(24,25)12-26;/h9-10,14H,3-8,11-13,26H2,1-2H3,(H2,27,28,29);1H/t14-,22-;/m0./s1. The van der Waals surface area contributed by atoms with Crippen LogP contribution in [-0.2, 0) is 16.0 Å². The summed E-state index contributed by atoms with van der Waals surface area (Å²) >= 11 is 0. The van der Waals surface area contributed by atoms with Crippen molar-refractivity contribution in [1.29, 1.82) is 0 Å². The first-order valence-electron chi connectivity index (χ1n) is 12.1. The Morgan fingerprint density at radius 2 is 1.97 bits per heavy atom. The molecule has 14 heteroatoms. The minimum atomic E-state index is -3.57. The van der Waals surface area contributed by atoms with E-state index >= 15 is 0 Å². The lowest BCUT2D eigenvalue weighted by Crippen LogP contribution is -2.52. The van der Waals surface area contributed by atoms with Gasteiger partial charge in [0.1, 0.15) is 5.82 Å². The number of carbonyl (C=O) groups excluding carboxylic acids is 1. The third-order valence-corrected chi connectivity index (χ3v) is 7.34. The first-order chi connectivity index (χ1) is 17.1. The molecule has 1 amide bonds. The second-order valence-corrected chi connectivity index (χ2v) is 9.91. The summed E-state index contributed by atoms with van der Waals surface area (Å²) in [5.74, 6) is -3.32. The molecule has 2 atom stereocenters. The second kappa shape index (κ2) is 10.1. The molecule has 0 aliphatic carbocycles. The molecule has 11 nitrogen and oxygen atoms in total. The zero-order chi connectivity index (χ0) is 25.7. The van der Waals surface area contributed by atoms with Gasteiger partial charge in [-0.15, -0.1) is 12.4 Å². The Hall–Kier alpha value is -2.90. The van der Waals surface area contributed by atoms with Crippen LogP contribution in [0.1, 0.15) is 25.8 Å². The molecular weight excluding hydrogens is 508 g/mol. The van der Waals surface area contributed by atoms with E-state index in [4.69, 9.17) is 26.2 Å². The highest BCUT2D eigenvalue weighted by atomic mass is 35.5. The largest absolute Gasteiger partial charge is 0.377 e. The normalized spacial score (nSPS) is 23.7. The summed E-state index contributed by atoms with van der Waals surface area (Å²) in [5.41, 5.74) is 12.7. The lowest BCUT2D eigenvalue weighted by atomic mass is 9.99. The molecule has 4 N–H and O–H groups in total. The van der Waals surface area contributed by atoms with Crippen LogP contribution in [-0.4, -0.2) is 94.2 Å². The van der Waals surface area contributed by atoms with Gasteiger partial charge >= 0.3 is 5.92 Å². The van der Waals surface area contributed by atoms with Crippen molar-refractivity contribution in [3.63, 3.8) is 0 Å². The number of aromatic nitrogens is 4. The van der Waals surface area contributed by atoms with Gasteiger partial charge in [-0.2, -0.15) is 13.8 Å². The molecule has 0 bridgehead atoms. The van der Waals surface area contributed by atoms with Crippen molar-refractivity contribution in [2.75, 3.05) is 61.5 Å². The maximum Gasteiger partial charge on any atom is 0.336 e. The molecule has 0 radical (unpaired) electrons. The number of ether oxygens (including phenoxy) is 1. The monoisotopic (exact) mass is 539 g/mol. The highest BCUT2D eigenvalue weighted by Crippen LogP contribution is 2.42. The third-order valence-electron chi connectivity index (χ3n) is 7.34. The van der Waals surface area contributed by atoms with Crippen LogP contribution in [0.15, 0.2) is 12.4 Å². The highest BCUT2D eigenvalue weighted by molar-refractivity contribution is 5.85. The van der Waals surface area contributed by atoms with Crippen LogP contribution >= 0.6 is 12.4 Å². The van der Waals surface area contributed by atoms with E-state index in [-0.39, 0.29) is 37.5 Å². The molecule has 5 rings (SSSR count). The quantitative estimate of drug-likeness (QED) is 0.567. The molecule has 2 aromatic heterocycles. The number of nitrogens with zero attached hydrogens (tertiary/aromatic N) is 7. The zero-order valence-electron chi connectivity index (χ0n) is 20.9. The van der Waals surface area contributed by atoms with Gasteiger partial charge in [-0.05, 0) is 26.7 Å². The Balaban J connectivity index is 0.00000320. The average molecular weight is 540 g/mol. The summed E-state index contributed by atoms with van der Waals surface area (Å²) in [6, 6.07) is 0.0795. The van der Waals surface area contributed by atoms with Crippen molar-refractivity contribution in [3.05, 3.63) is 18.0 Å². The summed E-state index contributed by atoms with van der Waals surface area (Å²) in [6.07, 6.45) is 4.49. The number of likely N-dealkylation sites (tertiary alicyclic amines) is 1. The maximum absolute atomic E-state index is 14.0. The van der Waals surface area contributed by atoms with E-state index in [2.05, 4.69) is 26.7 Å². The molecule has 3 aliphatic heterocycles. The number of rotatable bonds is 5. The van der Waals surface area contributed by atoms with Crippen LogP contribution in [0.5, 0.6) is 0 Å². The Kier molecular flexibility index (Phi) is 7.41. The third kappa shape index (κ3) is 4.87. The molecule has 0 saturated carbocycles.